The highest BCUT2D eigenvalue weighted by Crippen LogP contribution is 2.32. The number of nitrogens with zero attached hydrogens (tertiary/aromatic N) is 1. The first-order chi connectivity index (χ1) is 9.41. The number of halogens is 2. The molecule has 1 fully saturated rings. The fraction of sp³-hybridized carbons (Fsp3) is 0.571. The molecular weight excluding hydrogens is 301 g/mol. The molecule has 1 aliphatic heterocycles. The first kappa shape index (κ1) is 15.7. The van der Waals surface area contributed by atoms with Crippen LogP contribution in [-0.4, -0.2) is 24.8 Å². The van der Waals surface area contributed by atoms with Gasteiger partial charge in [0.1, 0.15) is 5.82 Å². The molecule has 0 bridgehead atoms. The predicted octanol–water partition coefficient (Wildman–Crippen LogP) is 3.52. The summed E-state index contributed by atoms with van der Waals surface area (Å²) in [5, 5.41) is 0. The van der Waals surface area contributed by atoms with E-state index in [-0.39, 0.29) is 28.4 Å². The van der Waals surface area contributed by atoms with Gasteiger partial charge in [-0.2, -0.15) is 4.31 Å². The molecule has 20 heavy (non-hydrogen) atoms. The zero-order valence-corrected chi connectivity index (χ0v) is 13.2. The first-order valence-electron chi connectivity index (χ1n) is 6.79. The van der Waals surface area contributed by atoms with Crippen molar-refractivity contribution in [2.24, 2.45) is 0 Å². The van der Waals surface area contributed by atoms with Crippen molar-refractivity contribution in [1.82, 2.24) is 4.31 Å². The van der Waals surface area contributed by atoms with Gasteiger partial charge in [-0.15, -0.1) is 11.6 Å². The van der Waals surface area contributed by atoms with Crippen molar-refractivity contribution in [1.29, 1.82) is 0 Å². The molecule has 2 rings (SSSR count). The number of alkyl halides is 1. The van der Waals surface area contributed by atoms with Gasteiger partial charge >= 0.3 is 0 Å². The van der Waals surface area contributed by atoms with E-state index in [9.17, 15) is 12.8 Å². The summed E-state index contributed by atoms with van der Waals surface area (Å²) in [7, 11) is -3.59. The van der Waals surface area contributed by atoms with Crippen LogP contribution in [0.5, 0.6) is 0 Å². The van der Waals surface area contributed by atoms with Crippen LogP contribution in [-0.2, 0) is 15.9 Å². The van der Waals surface area contributed by atoms with Crippen LogP contribution in [0.25, 0.3) is 0 Å². The Kier molecular flexibility index (Phi) is 4.72. The van der Waals surface area contributed by atoms with E-state index >= 15 is 0 Å². The van der Waals surface area contributed by atoms with Crippen LogP contribution in [0.15, 0.2) is 23.1 Å². The Morgan fingerprint density at radius 3 is 2.70 bits per heavy atom. The van der Waals surface area contributed by atoms with Gasteiger partial charge in [-0.1, -0.05) is 6.92 Å². The van der Waals surface area contributed by atoms with Crippen LogP contribution in [0, 0.1) is 5.82 Å². The second kappa shape index (κ2) is 6.00. The summed E-state index contributed by atoms with van der Waals surface area (Å²) in [6.45, 7) is 3.90. The third-order valence-electron chi connectivity index (χ3n) is 3.92. The summed E-state index contributed by atoms with van der Waals surface area (Å²) >= 11 is 5.65. The maximum absolute atomic E-state index is 13.5. The molecule has 0 N–H and O–H groups in total. The van der Waals surface area contributed by atoms with Crippen LogP contribution in [0.4, 0.5) is 4.39 Å². The van der Waals surface area contributed by atoms with Crippen LogP contribution >= 0.6 is 11.6 Å². The van der Waals surface area contributed by atoms with Gasteiger partial charge < -0.3 is 0 Å². The summed E-state index contributed by atoms with van der Waals surface area (Å²) in [4.78, 5) is 0.127. The van der Waals surface area contributed by atoms with Crippen LogP contribution < -0.4 is 0 Å². The molecule has 1 aromatic rings. The van der Waals surface area contributed by atoms with E-state index in [0.717, 1.165) is 19.3 Å². The molecule has 112 valence electrons. The molecule has 0 spiro atoms. The fourth-order valence-electron chi connectivity index (χ4n) is 2.80. The van der Waals surface area contributed by atoms with Crippen molar-refractivity contribution in [3.63, 3.8) is 0 Å². The normalized spacial score (nSPS) is 24.2. The summed E-state index contributed by atoms with van der Waals surface area (Å²) < 4.78 is 40.5. The summed E-state index contributed by atoms with van der Waals surface area (Å²) in [6, 6.07) is 3.84. The van der Waals surface area contributed by atoms with Crippen molar-refractivity contribution < 1.29 is 12.8 Å². The summed E-state index contributed by atoms with van der Waals surface area (Å²) in [5.74, 6) is -0.512. The maximum atomic E-state index is 13.5. The number of hydrogen-bond acceptors (Lipinski definition) is 2. The van der Waals surface area contributed by atoms with Gasteiger partial charge in [0.15, 0.2) is 0 Å². The van der Waals surface area contributed by atoms with Crippen molar-refractivity contribution in [2.45, 2.75) is 56.0 Å². The zero-order valence-electron chi connectivity index (χ0n) is 11.6. The number of hydrogen-bond donors (Lipinski definition) is 0. The highest BCUT2D eigenvalue weighted by atomic mass is 35.5. The lowest BCUT2D eigenvalue weighted by Gasteiger charge is -2.27. The van der Waals surface area contributed by atoms with E-state index in [0.29, 0.717) is 0 Å². The Bertz CT molecular complexity index is 591. The molecular formula is C14H19ClFNO2S. The van der Waals surface area contributed by atoms with Crippen LogP contribution in [0.1, 0.15) is 38.7 Å². The van der Waals surface area contributed by atoms with Gasteiger partial charge in [0.25, 0.3) is 0 Å². The van der Waals surface area contributed by atoms with Gasteiger partial charge in [0.2, 0.25) is 10.0 Å². The Balaban J connectivity index is 2.44. The molecule has 0 aromatic heterocycles. The van der Waals surface area contributed by atoms with Gasteiger partial charge in [-0.3, -0.25) is 0 Å². The third-order valence-corrected chi connectivity index (χ3v) is 6.27. The average Bonchev–Trinajstić information content (AvgIpc) is 2.80. The lowest BCUT2D eigenvalue weighted by atomic mass is 10.2. The lowest BCUT2D eigenvalue weighted by molar-refractivity contribution is 0.328. The molecule has 1 aliphatic rings. The quantitative estimate of drug-likeness (QED) is 0.796. The highest BCUT2D eigenvalue weighted by molar-refractivity contribution is 7.89. The fourth-order valence-corrected chi connectivity index (χ4v) is 5.01. The third kappa shape index (κ3) is 2.71. The topological polar surface area (TPSA) is 37.4 Å². The Morgan fingerprint density at radius 2 is 2.10 bits per heavy atom. The molecule has 1 aromatic carbocycles. The molecule has 2 unspecified atom stereocenters. The van der Waals surface area contributed by atoms with Crippen molar-refractivity contribution >= 4 is 21.6 Å². The van der Waals surface area contributed by atoms with E-state index in [1.807, 2.05) is 13.8 Å². The molecule has 0 aliphatic carbocycles. The average molecular weight is 320 g/mol. The van der Waals surface area contributed by atoms with Gasteiger partial charge in [0, 0.05) is 17.6 Å². The Labute approximate surface area is 124 Å². The van der Waals surface area contributed by atoms with Crippen LogP contribution in [0.3, 0.4) is 0 Å². The molecule has 3 nitrogen and oxygen atoms in total. The lowest BCUT2D eigenvalue weighted by Crippen LogP contribution is -2.39. The number of sulfonamides is 1. The molecule has 6 heteroatoms. The molecule has 0 amide bonds. The molecule has 1 saturated heterocycles. The van der Waals surface area contributed by atoms with E-state index in [1.54, 1.807) is 4.31 Å². The maximum Gasteiger partial charge on any atom is 0.243 e. The Morgan fingerprint density at radius 1 is 1.40 bits per heavy atom. The van der Waals surface area contributed by atoms with E-state index in [1.165, 1.54) is 18.2 Å². The van der Waals surface area contributed by atoms with E-state index < -0.39 is 15.8 Å². The molecule has 0 radical (unpaired) electrons. The molecule has 2 atom stereocenters. The summed E-state index contributed by atoms with van der Waals surface area (Å²) in [5.41, 5.74) is 0.215. The minimum Gasteiger partial charge on any atom is -0.207 e. The highest BCUT2D eigenvalue weighted by Gasteiger charge is 2.39. The van der Waals surface area contributed by atoms with Crippen molar-refractivity contribution in [3.05, 3.63) is 29.6 Å². The second-order valence-corrected chi connectivity index (χ2v) is 7.32. The minimum atomic E-state index is -3.59. The van der Waals surface area contributed by atoms with Gasteiger partial charge in [-0.05, 0) is 44.4 Å². The number of benzene rings is 1. The minimum absolute atomic E-state index is 0.0190. The zero-order chi connectivity index (χ0) is 14.9. The molecule has 0 saturated carbocycles. The van der Waals surface area contributed by atoms with Gasteiger partial charge in [-0.25, -0.2) is 12.8 Å². The SMILES string of the molecule is CCC1CCC(C)N1S(=O)(=O)c1ccc(F)c(CCl)c1. The van der Waals surface area contributed by atoms with E-state index in [2.05, 4.69) is 0 Å². The van der Waals surface area contributed by atoms with Crippen molar-refractivity contribution in [2.75, 3.05) is 0 Å². The summed E-state index contributed by atoms with van der Waals surface area (Å²) in [6.07, 6.45) is 2.52. The monoisotopic (exact) mass is 319 g/mol. The van der Waals surface area contributed by atoms with E-state index in [4.69, 9.17) is 11.6 Å². The van der Waals surface area contributed by atoms with Crippen LogP contribution in [0.2, 0.25) is 0 Å². The predicted molar refractivity (Wildman–Crippen MR) is 77.8 cm³/mol. The smallest absolute Gasteiger partial charge is 0.207 e. The largest absolute Gasteiger partial charge is 0.243 e. The number of rotatable bonds is 4. The standard InChI is InChI=1S/C14H19ClFNO2S/c1-3-12-5-4-10(2)17(12)20(18,19)13-6-7-14(16)11(8-13)9-15/h6-8,10,12H,3-5,9H2,1-2H3. The van der Waals surface area contributed by atoms with Crippen molar-refractivity contribution in [3.8, 4) is 0 Å². The van der Waals surface area contributed by atoms with Gasteiger partial charge in [0.05, 0.1) is 10.8 Å². The second-order valence-electron chi connectivity index (χ2n) is 5.21. The first-order valence-corrected chi connectivity index (χ1v) is 8.77. The Hall–Kier alpha value is -0.650. The molecule has 1 heterocycles.